The van der Waals surface area contributed by atoms with E-state index in [-0.39, 0.29) is 0 Å². The van der Waals surface area contributed by atoms with Crippen molar-refractivity contribution in [1.29, 1.82) is 5.41 Å². The molecular weight excluding hydrogens is 334 g/mol. The standard InChI is InChI=1S/C17H25B2N2O5/c1-19(23)21(10-4-9-18-26-13-20)11-14-5-7-15(8-6-14)16(12-24-2)17(22)25-3/h5-8,12-13,20,23H,4,9-11H2,1-3H3/b16-12+,20-13?. The zero-order valence-corrected chi connectivity index (χ0v) is 15.5. The molecule has 0 heterocycles. The first kappa shape index (κ1) is 21.8. The third kappa shape index (κ3) is 7.33. The third-order valence-corrected chi connectivity index (χ3v) is 3.75. The number of hydrogen-bond acceptors (Lipinski definition) is 7. The second-order valence-corrected chi connectivity index (χ2v) is 5.62. The van der Waals surface area contributed by atoms with Gasteiger partial charge in [-0.2, -0.15) is 0 Å². The van der Waals surface area contributed by atoms with Crippen molar-refractivity contribution < 1.29 is 23.9 Å². The first-order valence-electron chi connectivity index (χ1n) is 8.32. The van der Waals surface area contributed by atoms with Gasteiger partial charge in [-0.05, 0) is 37.2 Å². The average Bonchev–Trinajstić information content (AvgIpc) is 2.65. The lowest BCUT2D eigenvalue weighted by Gasteiger charge is -2.23. The average molecular weight is 359 g/mol. The van der Waals surface area contributed by atoms with Crippen molar-refractivity contribution >= 4 is 32.5 Å². The summed E-state index contributed by atoms with van der Waals surface area (Å²) in [6.07, 6.45) is 3.74. The predicted molar refractivity (Wildman–Crippen MR) is 103 cm³/mol. The summed E-state index contributed by atoms with van der Waals surface area (Å²) in [5, 5.41) is 16.7. The third-order valence-electron chi connectivity index (χ3n) is 3.75. The number of esters is 1. The van der Waals surface area contributed by atoms with Crippen LogP contribution in [0.5, 0.6) is 0 Å². The van der Waals surface area contributed by atoms with Crippen molar-refractivity contribution in [2.45, 2.75) is 26.1 Å². The Bertz CT molecular complexity index is 593. The molecule has 1 radical (unpaired) electrons. The van der Waals surface area contributed by atoms with Gasteiger partial charge in [-0.25, -0.2) is 4.79 Å². The Kier molecular flexibility index (Phi) is 10.2. The van der Waals surface area contributed by atoms with E-state index in [1.165, 1.54) is 20.5 Å². The molecule has 1 aromatic rings. The lowest BCUT2D eigenvalue weighted by molar-refractivity contribution is -0.133. The topological polar surface area (TPSA) is 92.1 Å². The van der Waals surface area contributed by atoms with Gasteiger partial charge in [0.1, 0.15) is 12.0 Å². The van der Waals surface area contributed by atoms with Gasteiger partial charge in [0.2, 0.25) is 0 Å². The number of nitrogens with one attached hydrogen (secondary N) is 1. The van der Waals surface area contributed by atoms with Crippen molar-refractivity contribution in [3.05, 3.63) is 41.7 Å². The highest BCUT2D eigenvalue weighted by Gasteiger charge is 2.17. The SMILES string of the molecule is CO/C=C(/C(=O)OC)c1ccc(CN(CCC[B]OC=N)B(C)O)cc1. The molecule has 0 amide bonds. The molecule has 1 aromatic carbocycles. The fourth-order valence-corrected chi connectivity index (χ4v) is 2.38. The van der Waals surface area contributed by atoms with Gasteiger partial charge in [0.05, 0.1) is 20.5 Å². The van der Waals surface area contributed by atoms with Crippen molar-refractivity contribution in [1.82, 2.24) is 4.81 Å². The number of carbonyl (C=O) groups excluding carboxylic acids is 1. The number of hydrogen-bond donors (Lipinski definition) is 2. The molecule has 0 saturated carbocycles. The molecule has 9 heteroatoms. The minimum absolute atomic E-state index is 0.343. The maximum Gasteiger partial charge on any atom is 0.376 e. The van der Waals surface area contributed by atoms with E-state index >= 15 is 0 Å². The van der Waals surface area contributed by atoms with Gasteiger partial charge in [0.25, 0.3) is 0 Å². The van der Waals surface area contributed by atoms with Crippen molar-refractivity contribution in [3.63, 3.8) is 0 Å². The van der Waals surface area contributed by atoms with Gasteiger partial charge >= 0.3 is 20.5 Å². The van der Waals surface area contributed by atoms with E-state index in [2.05, 4.69) is 0 Å². The fraction of sp³-hybridized carbons (Fsp3) is 0.412. The van der Waals surface area contributed by atoms with Gasteiger partial charge in [-0.1, -0.05) is 24.3 Å². The molecule has 0 fully saturated rings. The van der Waals surface area contributed by atoms with Gasteiger partial charge in [-0.3, -0.25) is 5.41 Å². The maximum absolute atomic E-state index is 11.8. The summed E-state index contributed by atoms with van der Waals surface area (Å²) in [6, 6.07) is 7.45. The van der Waals surface area contributed by atoms with Gasteiger partial charge in [0, 0.05) is 6.54 Å². The number of rotatable bonds is 12. The molecule has 2 N–H and O–H groups in total. The molecule has 26 heavy (non-hydrogen) atoms. The van der Waals surface area contributed by atoms with Crippen LogP contribution < -0.4 is 0 Å². The van der Waals surface area contributed by atoms with Crippen LogP contribution in [0.4, 0.5) is 0 Å². The van der Waals surface area contributed by atoms with Crippen LogP contribution in [0.1, 0.15) is 17.5 Å². The highest BCUT2D eigenvalue weighted by molar-refractivity contribution is 6.45. The zero-order valence-electron chi connectivity index (χ0n) is 15.5. The normalized spacial score (nSPS) is 11.0. The highest BCUT2D eigenvalue weighted by Crippen LogP contribution is 2.18. The zero-order chi connectivity index (χ0) is 19.4. The molecule has 0 aliphatic heterocycles. The summed E-state index contributed by atoms with van der Waals surface area (Å²) in [5.41, 5.74) is 2.05. The van der Waals surface area contributed by atoms with Crippen LogP contribution in [0.15, 0.2) is 30.5 Å². The van der Waals surface area contributed by atoms with Crippen LogP contribution in [0.3, 0.4) is 0 Å². The van der Waals surface area contributed by atoms with Gasteiger partial charge in [0.15, 0.2) is 0 Å². The minimum Gasteiger partial charge on any atom is -0.556 e. The second kappa shape index (κ2) is 12.2. The van der Waals surface area contributed by atoms with E-state index in [9.17, 15) is 9.82 Å². The van der Waals surface area contributed by atoms with Crippen molar-refractivity contribution in [2.75, 3.05) is 20.8 Å². The summed E-state index contributed by atoms with van der Waals surface area (Å²) >= 11 is 0. The highest BCUT2D eigenvalue weighted by atomic mass is 16.5. The van der Waals surface area contributed by atoms with E-state index in [0.717, 1.165) is 18.4 Å². The number of ether oxygens (including phenoxy) is 2. The Balaban J connectivity index is 2.71. The van der Waals surface area contributed by atoms with E-state index in [4.69, 9.17) is 19.5 Å². The molecule has 0 saturated heterocycles. The summed E-state index contributed by atoms with van der Waals surface area (Å²) in [5.74, 6) is -0.464. The summed E-state index contributed by atoms with van der Waals surface area (Å²) in [4.78, 5) is 13.7. The molecule has 0 aliphatic carbocycles. The molecular formula is C17H25B2N2O5. The van der Waals surface area contributed by atoms with Crippen LogP contribution in [0.2, 0.25) is 13.1 Å². The number of nitrogens with zero attached hydrogens (tertiary/aromatic N) is 1. The quantitative estimate of drug-likeness (QED) is 0.113. The fourth-order valence-electron chi connectivity index (χ4n) is 2.38. The Morgan fingerprint density at radius 2 is 2.04 bits per heavy atom. The number of benzene rings is 1. The minimum atomic E-state index is -0.586. The molecule has 0 bridgehead atoms. The number of methoxy groups -OCH3 is 2. The lowest BCUT2D eigenvalue weighted by Crippen LogP contribution is -2.37. The Morgan fingerprint density at radius 3 is 2.58 bits per heavy atom. The monoisotopic (exact) mass is 359 g/mol. The van der Waals surface area contributed by atoms with Crippen LogP contribution in [-0.2, 0) is 25.5 Å². The lowest BCUT2D eigenvalue weighted by atomic mass is 9.83. The first-order chi connectivity index (χ1) is 12.5. The van der Waals surface area contributed by atoms with Gasteiger partial charge in [-0.15, -0.1) is 0 Å². The van der Waals surface area contributed by atoms with E-state index in [1.807, 2.05) is 29.1 Å². The summed E-state index contributed by atoms with van der Waals surface area (Å²) in [7, 11) is 3.78. The molecule has 0 unspecified atom stereocenters. The first-order valence-corrected chi connectivity index (χ1v) is 8.32. The Labute approximate surface area is 155 Å². The molecule has 7 nitrogen and oxygen atoms in total. The summed E-state index contributed by atoms with van der Waals surface area (Å²) in [6.45, 7) is 2.99. The molecule has 0 aliphatic rings. The van der Waals surface area contributed by atoms with Crippen LogP contribution in [0.25, 0.3) is 5.57 Å². The van der Waals surface area contributed by atoms with E-state index in [1.54, 1.807) is 14.3 Å². The van der Waals surface area contributed by atoms with Gasteiger partial charge < -0.3 is 24.0 Å². The molecule has 0 spiro atoms. The van der Waals surface area contributed by atoms with E-state index < -0.39 is 13.0 Å². The Hall–Kier alpha value is -2.25. The van der Waals surface area contributed by atoms with Crippen LogP contribution in [-0.4, -0.2) is 57.5 Å². The van der Waals surface area contributed by atoms with Crippen molar-refractivity contribution in [3.8, 4) is 0 Å². The summed E-state index contributed by atoms with van der Waals surface area (Å²) < 4.78 is 14.5. The molecule has 0 atom stereocenters. The smallest absolute Gasteiger partial charge is 0.376 e. The Morgan fingerprint density at radius 1 is 1.35 bits per heavy atom. The van der Waals surface area contributed by atoms with Crippen molar-refractivity contribution in [2.24, 2.45) is 0 Å². The molecule has 1 rings (SSSR count). The number of carbonyl (C=O) groups is 1. The van der Waals surface area contributed by atoms with E-state index in [0.29, 0.717) is 30.5 Å². The second-order valence-electron chi connectivity index (χ2n) is 5.62. The maximum atomic E-state index is 11.8. The van der Waals surface area contributed by atoms with Crippen LogP contribution in [0, 0.1) is 5.41 Å². The molecule has 139 valence electrons. The predicted octanol–water partition coefficient (Wildman–Crippen LogP) is 1.81. The largest absolute Gasteiger partial charge is 0.556 e. The van der Waals surface area contributed by atoms with Crippen LogP contribution >= 0.6 is 0 Å². The molecule has 0 aromatic heterocycles.